The zero-order chi connectivity index (χ0) is 21.4. The van der Waals surface area contributed by atoms with Gasteiger partial charge in [0.15, 0.2) is 0 Å². The molecule has 1 N–H and O–H groups in total. The summed E-state index contributed by atoms with van der Waals surface area (Å²) in [4.78, 5) is 28.9. The first kappa shape index (κ1) is 22.8. The maximum atomic E-state index is 12.4. The second-order valence-corrected chi connectivity index (χ2v) is 9.10. The van der Waals surface area contributed by atoms with Gasteiger partial charge in [-0.1, -0.05) is 37.1 Å². The topological polar surface area (TPSA) is 60.9 Å². The minimum Gasteiger partial charge on any atom is -0.508 e. The van der Waals surface area contributed by atoms with Crippen LogP contribution in [-0.4, -0.2) is 52.4 Å². The molecule has 1 aliphatic carbocycles. The Kier molecular flexibility index (Phi) is 6.87. The summed E-state index contributed by atoms with van der Waals surface area (Å²) in [7, 11) is 0. The highest BCUT2D eigenvalue weighted by atomic mass is 35.5. The Balaban J connectivity index is 0.00000245. The number of amides is 2. The zero-order valence-electron chi connectivity index (χ0n) is 18.3. The standard InChI is InChI=1S/C26H30N2O3.ClH/c29-24-11-7-10-18-19-14-17-27(23(19)13-12-20(18)24)15-5-1-2-6-16-28-25(30)21-8-3-4-9-22(21)26(28)31;/h3-4,7-11,19,23,29H,1-2,5-6,12-17H2;1H/t19-,23+;/m1./s1. The van der Waals surface area contributed by atoms with Crippen LogP contribution in [0.25, 0.3) is 0 Å². The summed E-state index contributed by atoms with van der Waals surface area (Å²) in [5, 5.41) is 10.2. The van der Waals surface area contributed by atoms with Crippen LogP contribution in [0.15, 0.2) is 42.5 Å². The van der Waals surface area contributed by atoms with E-state index in [4.69, 9.17) is 0 Å². The molecule has 2 amide bonds. The molecule has 0 bridgehead atoms. The van der Waals surface area contributed by atoms with Crippen LogP contribution < -0.4 is 0 Å². The molecule has 1 saturated heterocycles. The summed E-state index contributed by atoms with van der Waals surface area (Å²) in [5.74, 6) is 0.733. The van der Waals surface area contributed by atoms with Crippen LogP contribution in [0.1, 0.15) is 76.3 Å². The Bertz CT molecular complexity index is 973. The first-order valence-electron chi connectivity index (χ1n) is 11.6. The summed E-state index contributed by atoms with van der Waals surface area (Å²) in [6.45, 7) is 2.77. The molecule has 5 rings (SSSR count). The van der Waals surface area contributed by atoms with Gasteiger partial charge in [0, 0.05) is 18.5 Å². The van der Waals surface area contributed by atoms with Crippen LogP contribution in [-0.2, 0) is 6.42 Å². The van der Waals surface area contributed by atoms with E-state index in [1.807, 2.05) is 24.3 Å². The number of phenolic OH excluding ortho intramolecular Hbond substituents is 1. The van der Waals surface area contributed by atoms with Crippen molar-refractivity contribution >= 4 is 24.2 Å². The third-order valence-electron chi connectivity index (χ3n) is 7.39. The molecule has 2 aromatic carbocycles. The van der Waals surface area contributed by atoms with Gasteiger partial charge in [-0.05, 0) is 74.5 Å². The molecule has 5 nitrogen and oxygen atoms in total. The van der Waals surface area contributed by atoms with E-state index in [0.717, 1.165) is 51.6 Å². The van der Waals surface area contributed by atoms with Crippen molar-refractivity contribution in [2.24, 2.45) is 0 Å². The number of imide groups is 1. The quantitative estimate of drug-likeness (QED) is 0.483. The van der Waals surface area contributed by atoms with Crippen LogP contribution in [0.2, 0.25) is 0 Å². The van der Waals surface area contributed by atoms with Crippen molar-refractivity contribution in [2.75, 3.05) is 19.6 Å². The molecule has 1 fully saturated rings. The van der Waals surface area contributed by atoms with Gasteiger partial charge in [-0.2, -0.15) is 0 Å². The molecule has 0 spiro atoms. The third-order valence-corrected chi connectivity index (χ3v) is 7.39. The summed E-state index contributed by atoms with van der Waals surface area (Å²) in [5.41, 5.74) is 3.61. The predicted molar refractivity (Wildman–Crippen MR) is 127 cm³/mol. The van der Waals surface area contributed by atoms with Crippen molar-refractivity contribution in [3.8, 4) is 5.75 Å². The minimum absolute atomic E-state index is 0. The number of fused-ring (bicyclic) bond motifs is 4. The van der Waals surface area contributed by atoms with E-state index in [1.165, 1.54) is 22.4 Å². The van der Waals surface area contributed by atoms with Crippen molar-refractivity contribution in [3.63, 3.8) is 0 Å². The normalized spacial score (nSPS) is 21.8. The highest BCUT2D eigenvalue weighted by Gasteiger charge is 2.39. The van der Waals surface area contributed by atoms with Gasteiger partial charge in [0.05, 0.1) is 11.1 Å². The number of hydrogen-bond acceptors (Lipinski definition) is 4. The highest BCUT2D eigenvalue weighted by Crippen LogP contribution is 2.43. The summed E-state index contributed by atoms with van der Waals surface area (Å²) < 4.78 is 0. The number of rotatable bonds is 7. The molecule has 0 saturated carbocycles. The summed E-state index contributed by atoms with van der Waals surface area (Å²) in [6.07, 6.45) is 7.46. The number of phenols is 1. The number of likely N-dealkylation sites (tertiary alicyclic amines) is 1. The Morgan fingerprint density at radius 2 is 1.53 bits per heavy atom. The van der Waals surface area contributed by atoms with Crippen molar-refractivity contribution in [1.29, 1.82) is 0 Å². The molecule has 2 aromatic rings. The minimum atomic E-state index is -0.146. The van der Waals surface area contributed by atoms with Gasteiger partial charge >= 0.3 is 0 Å². The number of carbonyl (C=O) groups is 2. The number of hydrogen-bond donors (Lipinski definition) is 1. The van der Waals surface area contributed by atoms with Crippen LogP contribution in [0, 0.1) is 0 Å². The maximum Gasteiger partial charge on any atom is 0.261 e. The molecule has 2 heterocycles. The van der Waals surface area contributed by atoms with E-state index < -0.39 is 0 Å². The first-order chi connectivity index (χ1) is 15.1. The fourth-order valence-electron chi connectivity index (χ4n) is 5.83. The molecule has 0 aromatic heterocycles. The largest absolute Gasteiger partial charge is 0.508 e. The van der Waals surface area contributed by atoms with E-state index in [0.29, 0.717) is 35.4 Å². The van der Waals surface area contributed by atoms with E-state index in [2.05, 4.69) is 11.0 Å². The molecular weight excluding hydrogens is 424 g/mol. The van der Waals surface area contributed by atoms with E-state index in [9.17, 15) is 14.7 Å². The number of nitrogens with zero attached hydrogens (tertiary/aromatic N) is 2. The van der Waals surface area contributed by atoms with Crippen molar-refractivity contribution in [2.45, 2.75) is 56.9 Å². The summed E-state index contributed by atoms with van der Waals surface area (Å²) >= 11 is 0. The number of halogens is 1. The van der Waals surface area contributed by atoms with Gasteiger partial charge in [-0.3, -0.25) is 19.4 Å². The number of carbonyl (C=O) groups excluding carboxylic acids is 2. The van der Waals surface area contributed by atoms with Gasteiger partial charge in [-0.25, -0.2) is 0 Å². The first-order valence-corrected chi connectivity index (χ1v) is 11.6. The zero-order valence-corrected chi connectivity index (χ0v) is 19.2. The Morgan fingerprint density at radius 3 is 2.25 bits per heavy atom. The molecule has 6 heteroatoms. The number of unbranched alkanes of at least 4 members (excludes halogenated alkanes) is 3. The Morgan fingerprint density at radius 1 is 0.844 bits per heavy atom. The van der Waals surface area contributed by atoms with Gasteiger partial charge in [0.2, 0.25) is 0 Å². The molecular formula is C26H31ClN2O3. The molecule has 0 radical (unpaired) electrons. The van der Waals surface area contributed by atoms with Gasteiger partial charge < -0.3 is 5.11 Å². The van der Waals surface area contributed by atoms with E-state index in [1.54, 1.807) is 12.1 Å². The second kappa shape index (κ2) is 9.63. The lowest BCUT2D eigenvalue weighted by atomic mass is 9.79. The second-order valence-electron chi connectivity index (χ2n) is 9.10. The fraction of sp³-hybridized carbons (Fsp3) is 0.462. The van der Waals surface area contributed by atoms with Gasteiger partial charge in [0.1, 0.15) is 5.75 Å². The molecule has 32 heavy (non-hydrogen) atoms. The maximum absolute atomic E-state index is 12.4. The smallest absolute Gasteiger partial charge is 0.261 e. The SMILES string of the molecule is Cl.O=C1c2ccccc2C(=O)N1CCCCCCN1CC[C@@H]2c3cccc(O)c3CC[C@@H]21. The van der Waals surface area contributed by atoms with Crippen LogP contribution in [0.5, 0.6) is 5.75 Å². The average molecular weight is 455 g/mol. The average Bonchev–Trinajstić information content (AvgIpc) is 3.31. The monoisotopic (exact) mass is 454 g/mol. The van der Waals surface area contributed by atoms with Crippen LogP contribution in [0.4, 0.5) is 0 Å². The highest BCUT2D eigenvalue weighted by molar-refractivity contribution is 6.21. The van der Waals surface area contributed by atoms with Crippen molar-refractivity contribution in [1.82, 2.24) is 9.80 Å². The molecule has 3 aliphatic rings. The molecule has 2 atom stereocenters. The lowest BCUT2D eigenvalue weighted by molar-refractivity contribution is 0.0651. The lowest BCUT2D eigenvalue weighted by Crippen LogP contribution is -2.35. The number of benzene rings is 2. The fourth-order valence-corrected chi connectivity index (χ4v) is 5.83. The van der Waals surface area contributed by atoms with Gasteiger partial charge in [0.25, 0.3) is 11.8 Å². The molecule has 2 aliphatic heterocycles. The van der Waals surface area contributed by atoms with Crippen molar-refractivity contribution < 1.29 is 14.7 Å². The van der Waals surface area contributed by atoms with E-state index in [-0.39, 0.29) is 24.2 Å². The van der Waals surface area contributed by atoms with Crippen molar-refractivity contribution in [3.05, 3.63) is 64.7 Å². The molecule has 0 unspecified atom stereocenters. The Hall–Kier alpha value is -2.37. The predicted octanol–water partition coefficient (Wildman–Crippen LogP) is 4.77. The van der Waals surface area contributed by atoms with Crippen LogP contribution in [0.3, 0.4) is 0 Å². The van der Waals surface area contributed by atoms with E-state index >= 15 is 0 Å². The molecule has 170 valence electrons. The van der Waals surface area contributed by atoms with Crippen LogP contribution >= 0.6 is 12.4 Å². The number of aromatic hydroxyl groups is 1. The third kappa shape index (κ3) is 4.04. The Labute approximate surface area is 195 Å². The lowest BCUT2D eigenvalue weighted by Gasteiger charge is -2.33. The van der Waals surface area contributed by atoms with Gasteiger partial charge in [-0.15, -0.1) is 12.4 Å². The summed E-state index contributed by atoms with van der Waals surface area (Å²) in [6, 6.07) is 13.7.